The van der Waals surface area contributed by atoms with Gasteiger partial charge in [0.2, 0.25) is 0 Å². The van der Waals surface area contributed by atoms with Crippen LogP contribution in [-0.2, 0) is 14.3 Å². The second kappa shape index (κ2) is 6.89. The van der Waals surface area contributed by atoms with Gasteiger partial charge in [0.15, 0.2) is 0 Å². The highest BCUT2D eigenvalue weighted by molar-refractivity contribution is 5.87. The molecule has 1 aromatic carbocycles. The van der Waals surface area contributed by atoms with Gasteiger partial charge in [-0.05, 0) is 31.9 Å². The van der Waals surface area contributed by atoms with Crippen LogP contribution in [0.5, 0.6) is 0 Å². The molecular formula is C16H20O4. The van der Waals surface area contributed by atoms with E-state index in [1.54, 1.807) is 26.8 Å². The highest BCUT2D eigenvalue weighted by Crippen LogP contribution is 2.26. The molecule has 4 nitrogen and oxygen atoms in total. The standard InChI is InChI=1S/C16H20O4/c1-4-13(16(2,3)15(18)19)20-14(17)11-10-12-8-6-5-7-9-12/h5-11,13H,4H2,1-3H3,(H,18,19). The Balaban J connectivity index is 2.69. The predicted molar refractivity (Wildman–Crippen MR) is 77.1 cm³/mol. The molecule has 0 saturated heterocycles. The summed E-state index contributed by atoms with van der Waals surface area (Å²) in [4.78, 5) is 22.9. The van der Waals surface area contributed by atoms with Crippen LogP contribution in [0.1, 0.15) is 32.8 Å². The lowest BCUT2D eigenvalue weighted by atomic mass is 9.85. The van der Waals surface area contributed by atoms with Gasteiger partial charge in [-0.2, -0.15) is 0 Å². The first-order valence-corrected chi connectivity index (χ1v) is 6.55. The molecule has 0 radical (unpaired) electrons. The first-order chi connectivity index (χ1) is 9.37. The maximum Gasteiger partial charge on any atom is 0.331 e. The molecule has 4 heteroatoms. The Morgan fingerprint density at radius 3 is 2.40 bits per heavy atom. The van der Waals surface area contributed by atoms with E-state index in [4.69, 9.17) is 9.84 Å². The van der Waals surface area contributed by atoms with Gasteiger partial charge in [-0.25, -0.2) is 4.79 Å². The molecule has 1 rings (SSSR count). The number of hydrogen-bond acceptors (Lipinski definition) is 3. The number of hydrogen-bond donors (Lipinski definition) is 1. The van der Waals surface area contributed by atoms with Crippen LogP contribution in [0.15, 0.2) is 36.4 Å². The van der Waals surface area contributed by atoms with Crippen molar-refractivity contribution >= 4 is 18.0 Å². The summed E-state index contributed by atoms with van der Waals surface area (Å²) >= 11 is 0. The molecule has 0 amide bonds. The second-order valence-corrected chi connectivity index (χ2v) is 5.10. The first-order valence-electron chi connectivity index (χ1n) is 6.55. The molecule has 0 aliphatic heterocycles. The Morgan fingerprint density at radius 1 is 1.30 bits per heavy atom. The maximum atomic E-state index is 11.8. The van der Waals surface area contributed by atoms with Gasteiger partial charge in [-0.3, -0.25) is 4.79 Å². The minimum atomic E-state index is -1.11. The van der Waals surface area contributed by atoms with Crippen LogP contribution in [0.2, 0.25) is 0 Å². The maximum absolute atomic E-state index is 11.8. The number of ether oxygens (including phenoxy) is 1. The van der Waals surface area contributed by atoms with E-state index < -0.39 is 23.5 Å². The van der Waals surface area contributed by atoms with Crippen molar-refractivity contribution < 1.29 is 19.4 Å². The number of aliphatic carboxylic acids is 1. The molecule has 1 atom stereocenters. The number of esters is 1. The van der Waals surface area contributed by atoms with Crippen LogP contribution in [0.4, 0.5) is 0 Å². The molecule has 1 N–H and O–H groups in total. The Bertz CT molecular complexity index is 488. The summed E-state index contributed by atoms with van der Waals surface area (Å²) in [6, 6.07) is 9.35. The molecule has 108 valence electrons. The van der Waals surface area contributed by atoms with E-state index in [2.05, 4.69) is 0 Å². The largest absolute Gasteiger partial charge is 0.481 e. The third kappa shape index (κ3) is 4.23. The lowest BCUT2D eigenvalue weighted by Crippen LogP contribution is -2.39. The molecule has 0 aliphatic carbocycles. The van der Waals surface area contributed by atoms with Crippen molar-refractivity contribution in [3.8, 4) is 0 Å². The van der Waals surface area contributed by atoms with Gasteiger partial charge in [-0.1, -0.05) is 37.3 Å². The van der Waals surface area contributed by atoms with Gasteiger partial charge in [0.05, 0.1) is 5.41 Å². The Kier molecular flexibility index (Phi) is 5.50. The first kappa shape index (κ1) is 16.0. The minimum Gasteiger partial charge on any atom is -0.481 e. The molecule has 0 heterocycles. The molecule has 0 aromatic heterocycles. The summed E-state index contributed by atoms with van der Waals surface area (Å²) < 4.78 is 5.24. The number of benzene rings is 1. The summed E-state index contributed by atoms with van der Waals surface area (Å²) in [6.45, 7) is 4.90. The third-order valence-corrected chi connectivity index (χ3v) is 3.20. The lowest BCUT2D eigenvalue weighted by molar-refractivity contribution is -0.163. The van der Waals surface area contributed by atoms with Gasteiger partial charge in [0.25, 0.3) is 0 Å². The molecule has 1 unspecified atom stereocenters. The number of carboxylic acid groups (broad SMARTS) is 1. The van der Waals surface area contributed by atoms with Crippen molar-refractivity contribution in [1.82, 2.24) is 0 Å². The topological polar surface area (TPSA) is 63.6 Å². The SMILES string of the molecule is CCC(OC(=O)C=Cc1ccccc1)C(C)(C)C(=O)O. The van der Waals surface area contributed by atoms with Crippen LogP contribution in [0.25, 0.3) is 6.08 Å². The van der Waals surface area contributed by atoms with Crippen LogP contribution >= 0.6 is 0 Å². The minimum absolute atomic E-state index is 0.449. The van der Waals surface area contributed by atoms with E-state index in [9.17, 15) is 9.59 Å². The Hall–Kier alpha value is -2.10. The second-order valence-electron chi connectivity index (χ2n) is 5.10. The summed E-state index contributed by atoms with van der Waals surface area (Å²) in [5.41, 5.74) is -0.222. The predicted octanol–water partition coefficient (Wildman–Crippen LogP) is 3.13. The number of rotatable bonds is 6. The smallest absolute Gasteiger partial charge is 0.331 e. The molecule has 0 fully saturated rings. The summed E-state index contributed by atoms with van der Waals surface area (Å²) in [5.74, 6) is -1.51. The highest BCUT2D eigenvalue weighted by atomic mass is 16.5. The molecule has 0 saturated carbocycles. The zero-order valence-electron chi connectivity index (χ0n) is 12.0. The average Bonchev–Trinajstić information content (AvgIpc) is 2.43. The Labute approximate surface area is 119 Å². The van der Waals surface area contributed by atoms with Crippen molar-refractivity contribution in [3.05, 3.63) is 42.0 Å². The third-order valence-electron chi connectivity index (χ3n) is 3.20. The van der Waals surface area contributed by atoms with Crippen LogP contribution in [0.3, 0.4) is 0 Å². The Morgan fingerprint density at radius 2 is 1.90 bits per heavy atom. The summed E-state index contributed by atoms with van der Waals surface area (Å²) in [6.07, 6.45) is 2.75. The lowest BCUT2D eigenvalue weighted by Gasteiger charge is -2.28. The fraction of sp³-hybridized carbons (Fsp3) is 0.375. The molecule has 20 heavy (non-hydrogen) atoms. The quantitative estimate of drug-likeness (QED) is 0.640. The van der Waals surface area contributed by atoms with E-state index in [-0.39, 0.29) is 0 Å². The van der Waals surface area contributed by atoms with Gasteiger partial charge in [0.1, 0.15) is 6.10 Å². The normalized spacial score (nSPS) is 13.2. The molecular weight excluding hydrogens is 256 g/mol. The summed E-state index contributed by atoms with van der Waals surface area (Å²) in [5, 5.41) is 9.15. The molecule has 0 bridgehead atoms. The molecule has 0 spiro atoms. The van der Waals surface area contributed by atoms with Crippen molar-refractivity contribution in [2.24, 2.45) is 5.41 Å². The number of carboxylic acids is 1. The van der Waals surface area contributed by atoms with Crippen molar-refractivity contribution in [3.63, 3.8) is 0 Å². The van der Waals surface area contributed by atoms with Gasteiger partial charge >= 0.3 is 11.9 Å². The molecule has 1 aromatic rings. The van der Waals surface area contributed by atoms with E-state index in [1.807, 2.05) is 30.3 Å². The van der Waals surface area contributed by atoms with Crippen molar-refractivity contribution in [1.29, 1.82) is 0 Å². The van der Waals surface area contributed by atoms with E-state index >= 15 is 0 Å². The monoisotopic (exact) mass is 276 g/mol. The molecule has 0 aliphatic rings. The van der Waals surface area contributed by atoms with Crippen LogP contribution in [-0.4, -0.2) is 23.1 Å². The van der Waals surface area contributed by atoms with E-state index in [1.165, 1.54) is 6.08 Å². The zero-order valence-corrected chi connectivity index (χ0v) is 12.0. The van der Waals surface area contributed by atoms with Gasteiger partial charge in [0, 0.05) is 6.08 Å². The number of carbonyl (C=O) groups is 2. The zero-order chi connectivity index (χ0) is 15.2. The fourth-order valence-corrected chi connectivity index (χ4v) is 1.79. The highest BCUT2D eigenvalue weighted by Gasteiger charge is 2.38. The van der Waals surface area contributed by atoms with Crippen LogP contribution < -0.4 is 0 Å². The van der Waals surface area contributed by atoms with Crippen LogP contribution in [0, 0.1) is 5.41 Å². The van der Waals surface area contributed by atoms with E-state index in [0.29, 0.717) is 6.42 Å². The van der Waals surface area contributed by atoms with Gasteiger partial charge < -0.3 is 9.84 Å². The average molecular weight is 276 g/mol. The van der Waals surface area contributed by atoms with Gasteiger partial charge in [-0.15, -0.1) is 0 Å². The fourth-order valence-electron chi connectivity index (χ4n) is 1.79. The van der Waals surface area contributed by atoms with Crippen molar-refractivity contribution in [2.45, 2.75) is 33.3 Å². The number of carbonyl (C=O) groups excluding carboxylic acids is 1. The van der Waals surface area contributed by atoms with E-state index in [0.717, 1.165) is 5.56 Å². The van der Waals surface area contributed by atoms with Crippen molar-refractivity contribution in [2.75, 3.05) is 0 Å². The summed E-state index contributed by atoms with van der Waals surface area (Å²) in [7, 11) is 0.